The summed E-state index contributed by atoms with van der Waals surface area (Å²) in [5.74, 6) is -0.960. The van der Waals surface area contributed by atoms with Gasteiger partial charge in [0.05, 0.1) is 0 Å². The summed E-state index contributed by atoms with van der Waals surface area (Å²) in [4.78, 5) is 23.6. The van der Waals surface area contributed by atoms with Crippen molar-refractivity contribution < 1.29 is 14.7 Å². The molecule has 1 amide bonds. The summed E-state index contributed by atoms with van der Waals surface area (Å²) in [7, 11) is 0. The molecule has 1 aromatic rings. The van der Waals surface area contributed by atoms with E-state index in [0.717, 1.165) is 12.8 Å². The van der Waals surface area contributed by atoms with Gasteiger partial charge in [-0.2, -0.15) is 0 Å². The first kappa shape index (κ1) is 15.5. The Labute approximate surface area is 125 Å². The van der Waals surface area contributed by atoms with Crippen LogP contribution in [0, 0.1) is 11.8 Å². The van der Waals surface area contributed by atoms with Crippen molar-refractivity contribution in [2.75, 3.05) is 0 Å². The van der Waals surface area contributed by atoms with E-state index in [2.05, 4.69) is 17.4 Å². The molecular formula is C17H23NO3. The van der Waals surface area contributed by atoms with Gasteiger partial charge < -0.3 is 10.4 Å². The van der Waals surface area contributed by atoms with E-state index in [1.165, 1.54) is 11.1 Å². The Hall–Kier alpha value is -1.84. The number of rotatable bonds is 5. The van der Waals surface area contributed by atoms with E-state index in [0.29, 0.717) is 12.8 Å². The lowest BCUT2D eigenvalue weighted by Gasteiger charge is -2.25. The molecule has 2 atom stereocenters. The molecule has 4 nitrogen and oxygen atoms in total. The van der Waals surface area contributed by atoms with Crippen molar-refractivity contribution >= 4 is 11.9 Å². The minimum atomic E-state index is -0.951. The van der Waals surface area contributed by atoms with Gasteiger partial charge in [-0.15, -0.1) is 0 Å². The van der Waals surface area contributed by atoms with Crippen LogP contribution in [0.3, 0.4) is 0 Å². The van der Waals surface area contributed by atoms with E-state index < -0.39 is 12.0 Å². The van der Waals surface area contributed by atoms with Crippen LogP contribution in [0.2, 0.25) is 0 Å². The predicted molar refractivity (Wildman–Crippen MR) is 81.0 cm³/mol. The number of hydrogen-bond acceptors (Lipinski definition) is 2. The average molecular weight is 289 g/mol. The summed E-state index contributed by atoms with van der Waals surface area (Å²) in [6.45, 7) is 3.91. The highest BCUT2D eigenvalue weighted by Crippen LogP contribution is 2.25. The molecule has 0 heterocycles. The van der Waals surface area contributed by atoms with Crippen LogP contribution in [0.4, 0.5) is 0 Å². The fraction of sp³-hybridized carbons (Fsp3) is 0.529. The van der Waals surface area contributed by atoms with E-state index in [1.807, 2.05) is 26.0 Å². The first-order valence-electron chi connectivity index (χ1n) is 7.57. The summed E-state index contributed by atoms with van der Waals surface area (Å²) in [5, 5.41) is 11.9. The highest BCUT2D eigenvalue weighted by molar-refractivity contribution is 5.85. The summed E-state index contributed by atoms with van der Waals surface area (Å²) in [6, 6.07) is 7.37. The van der Waals surface area contributed by atoms with Crippen molar-refractivity contribution in [1.82, 2.24) is 5.32 Å². The van der Waals surface area contributed by atoms with Gasteiger partial charge in [-0.25, -0.2) is 4.79 Å². The second kappa shape index (κ2) is 6.74. The molecule has 2 unspecified atom stereocenters. The summed E-state index contributed by atoms with van der Waals surface area (Å²) >= 11 is 0. The van der Waals surface area contributed by atoms with Crippen molar-refractivity contribution in [3.05, 3.63) is 35.4 Å². The first-order valence-corrected chi connectivity index (χ1v) is 7.57. The number of amides is 1. The van der Waals surface area contributed by atoms with Crippen molar-refractivity contribution in [2.24, 2.45) is 11.8 Å². The zero-order valence-corrected chi connectivity index (χ0v) is 12.6. The van der Waals surface area contributed by atoms with Gasteiger partial charge in [0.1, 0.15) is 6.04 Å². The Kier molecular flexibility index (Phi) is 4.99. The maximum Gasteiger partial charge on any atom is 0.326 e. The van der Waals surface area contributed by atoms with E-state index in [4.69, 9.17) is 0 Å². The smallest absolute Gasteiger partial charge is 0.326 e. The number of carbonyl (C=O) groups is 2. The van der Waals surface area contributed by atoms with Gasteiger partial charge in [0.15, 0.2) is 0 Å². The van der Waals surface area contributed by atoms with E-state index >= 15 is 0 Å². The van der Waals surface area contributed by atoms with Gasteiger partial charge in [-0.3, -0.25) is 4.79 Å². The topological polar surface area (TPSA) is 66.4 Å². The van der Waals surface area contributed by atoms with Gasteiger partial charge in [0.2, 0.25) is 5.91 Å². The Bertz CT molecular complexity index is 525. The molecule has 1 aromatic carbocycles. The molecule has 0 fully saturated rings. The number of benzene rings is 1. The molecule has 2 rings (SSSR count). The fourth-order valence-corrected chi connectivity index (χ4v) is 2.90. The van der Waals surface area contributed by atoms with Crippen LogP contribution < -0.4 is 5.32 Å². The third kappa shape index (κ3) is 4.06. The van der Waals surface area contributed by atoms with Crippen molar-refractivity contribution in [1.29, 1.82) is 0 Å². The Morgan fingerprint density at radius 1 is 1.29 bits per heavy atom. The summed E-state index contributed by atoms with van der Waals surface area (Å²) in [5.41, 5.74) is 2.51. The van der Waals surface area contributed by atoms with Crippen LogP contribution in [0.25, 0.3) is 0 Å². The summed E-state index contributed by atoms with van der Waals surface area (Å²) in [6.07, 6.45) is 2.84. The third-order valence-electron chi connectivity index (χ3n) is 4.04. The van der Waals surface area contributed by atoms with E-state index in [1.54, 1.807) is 0 Å². The third-order valence-corrected chi connectivity index (χ3v) is 4.04. The first-order chi connectivity index (χ1) is 9.97. The van der Waals surface area contributed by atoms with Gasteiger partial charge in [0.25, 0.3) is 0 Å². The van der Waals surface area contributed by atoms with Crippen molar-refractivity contribution in [3.63, 3.8) is 0 Å². The Morgan fingerprint density at radius 2 is 1.95 bits per heavy atom. The molecule has 1 aliphatic rings. The van der Waals surface area contributed by atoms with Crippen LogP contribution in [0.15, 0.2) is 24.3 Å². The number of carbonyl (C=O) groups excluding carboxylic acids is 1. The average Bonchev–Trinajstić information content (AvgIpc) is 2.45. The Morgan fingerprint density at radius 3 is 2.57 bits per heavy atom. The molecule has 0 aliphatic heterocycles. The largest absolute Gasteiger partial charge is 0.480 e. The maximum absolute atomic E-state index is 12.3. The van der Waals surface area contributed by atoms with Crippen LogP contribution in [0.1, 0.15) is 37.8 Å². The SMILES string of the molecule is CC(C)CC(NC(=O)C1CCc2ccccc2C1)C(=O)O. The van der Waals surface area contributed by atoms with Crippen LogP contribution in [-0.4, -0.2) is 23.0 Å². The number of hydrogen-bond donors (Lipinski definition) is 2. The van der Waals surface area contributed by atoms with E-state index in [9.17, 15) is 14.7 Å². The number of carboxylic acid groups (broad SMARTS) is 1. The minimum absolute atomic E-state index is 0.117. The van der Waals surface area contributed by atoms with Crippen molar-refractivity contribution in [3.8, 4) is 0 Å². The van der Waals surface area contributed by atoms with Crippen LogP contribution >= 0.6 is 0 Å². The highest BCUT2D eigenvalue weighted by atomic mass is 16.4. The maximum atomic E-state index is 12.3. The molecule has 114 valence electrons. The molecule has 0 spiro atoms. The standard InChI is InChI=1S/C17H23NO3/c1-11(2)9-15(17(20)21)18-16(19)14-8-7-12-5-3-4-6-13(12)10-14/h3-6,11,14-15H,7-10H2,1-2H3,(H,18,19)(H,20,21). The molecule has 0 bridgehead atoms. The monoisotopic (exact) mass is 289 g/mol. The number of carboxylic acids is 1. The minimum Gasteiger partial charge on any atom is -0.480 e. The molecule has 2 N–H and O–H groups in total. The van der Waals surface area contributed by atoms with Crippen LogP contribution in [0.5, 0.6) is 0 Å². The van der Waals surface area contributed by atoms with Crippen LogP contribution in [-0.2, 0) is 22.4 Å². The predicted octanol–water partition coefficient (Wildman–Crippen LogP) is 2.41. The lowest BCUT2D eigenvalue weighted by Crippen LogP contribution is -2.45. The normalized spacial score (nSPS) is 18.9. The molecule has 0 aromatic heterocycles. The fourth-order valence-electron chi connectivity index (χ4n) is 2.90. The second-order valence-corrected chi connectivity index (χ2v) is 6.24. The molecule has 0 saturated carbocycles. The van der Waals surface area contributed by atoms with Gasteiger partial charge in [0, 0.05) is 5.92 Å². The second-order valence-electron chi connectivity index (χ2n) is 6.24. The van der Waals surface area contributed by atoms with E-state index in [-0.39, 0.29) is 17.7 Å². The zero-order chi connectivity index (χ0) is 15.4. The lowest BCUT2D eigenvalue weighted by atomic mass is 9.83. The zero-order valence-electron chi connectivity index (χ0n) is 12.6. The molecule has 4 heteroatoms. The van der Waals surface area contributed by atoms with Gasteiger partial charge in [-0.05, 0) is 42.7 Å². The number of nitrogens with one attached hydrogen (secondary N) is 1. The molecule has 21 heavy (non-hydrogen) atoms. The number of fused-ring (bicyclic) bond motifs is 1. The molecule has 0 radical (unpaired) electrons. The summed E-state index contributed by atoms with van der Waals surface area (Å²) < 4.78 is 0. The van der Waals surface area contributed by atoms with Gasteiger partial charge in [-0.1, -0.05) is 38.1 Å². The molecular weight excluding hydrogens is 266 g/mol. The van der Waals surface area contributed by atoms with Crippen molar-refractivity contribution in [2.45, 2.75) is 45.6 Å². The number of aliphatic carboxylic acids is 1. The molecule has 0 saturated heterocycles. The highest BCUT2D eigenvalue weighted by Gasteiger charge is 2.28. The van der Waals surface area contributed by atoms with Gasteiger partial charge >= 0.3 is 5.97 Å². The number of aryl methyl sites for hydroxylation is 1. The molecule has 1 aliphatic carbocycles. The lowest BCUT2D eigenvalue weighted by molar-refractivity contribution is -0.143. The Balaban J connectivity index is 1.99. The quantitative estimate of drug-likeness (QED) is 0.874.